The molecule has 0 saturated heterocycles. The number of rotatable bonds is 6. The lowest BCUT2D eigenvalue weighted by atomic mass is 9.87. The summed E-state index contributed by atoms with van der Waals surface area (Å²) in [5.74, 6) is 1.69. The van der Waals surface area contributed by atoms with E-state index in [-0.39, 0.29) is 20.6 Å². The molecular formula is C25H24O4. The predicted molar refractivity (Wildman–Crippen MR) is 112 cm³/mol. The van der Waals surface area contributed by atoms with Crippen LogP contribution in [0.15, 0.2) is 66.7 Å². The van der Waals surface area contributed by atoms with E-state index in [2.05, 4.69) is 0 Å². The number of Topliss-reactive ketones (excluding diaryl/α,β-unsaturated/α-hetero) is 1. The fraction of sp³-hybridized carbons (Fsp3) is 0.240. The van der Waals surface area contributed by atoms with Gasteiger partial charge in [-0.3, -0.25) is 4.79 Å². The maximum Gasteiger partial charge on any atom is 0.231 e. The normalized spacial score (nSPS) is 15.9. The zero-order valence-corrected chi connectivity index (χ0v) is 16.1. The average Bonchev–Trinajstić information content (AvgIpc) is 3.45. The zero-order chi connectivity index (χ0) is 19.8. The predicted octanol–water partition coefficient (Wildman–Crippen LogP) is 4.66. The number of benzene rings is 3. The van der Waals surface area contributed by atoms with Crippen LogP contribution in [0.2, 0.25) is 0 Å². The second-order valence-electron chi connectivity index (χ2n) is 7.77. The van der Waals surface area contributed by atoms with Gasteiger partial charge in [-0.25, -0.2) is 0 Å². The highest BCUT2D eigenvalue weighted by Crippen LogP contribution is 2.51. The minimum absolute atomic E-state index is 0. The Balaban J connectivity index is 0.00000218. The molecule has 1 fully saturated rings. The summed E-state index contributed by atoms with van der Waals surface area (Å²) in [4.78, 5) is 13.3. The standard InChI is InChI=1S/C25H22O4.H2/c26-15-19-7-6-17(12-21(19)18-4-2-1-3-5-18)13-24(27)25(10-11-25)20-8-9-22-23(14-20)29-16-28-22;/h1-9,12,14,26H,10-11,13,15-16H2;1H. The van der Waals surface area contributed by atoms with Gasteiger partial charge in [0.1, 0.15) is 5.78 Å². The van der Waals surface area contributed by atoms with E-state index in [1.165, 1.54) is 0 Å². The van der Waals surface area contributed by atoms with Crippen LogP contribution in [0.5, 0.6) is 11.5 Å². The van der Waals surface area contributed by atoms with Crippen LogP contribution in [0, 0.1) is 0 Å². The van der Waals surface area contributed by atoms with Gasteiger partial charge in [-0.05, 0) is 52.8 Å². The molecule has 0 radical (unpaired) electrons. The summed E-state index contributed by atoms with van der Waals surface area (Å²) in [6.45, 7) is 0.207. The van der Waals surface area contributed by atoms with Crippen LogP contribution in [-0.4, -0.2) is 17.7 Å². The van der Waals surface area contributed by atoms with Crippen molar-refractivity contribution < 1.29 is 20.8 Å². The first-order valence-electron chi connectivity index (χ1n) is 9.91. The number of fused-ring (bicyclic) bond motifs is 1. The van der Waals surface area contributed by atoms with Gasteiger partial charge in [0.05, 0.1) is 12.0 Å². The number of carbonyl (C=O) groups excluding carboxylic acids is 1. The van der Waals surface area contributed by atoms with Gasteiger partial charge in [0.2, 0.25) is 6.79 Å². The zero-order valence-electron chi connectivity index (χ0n) is 16.1. The van der Waals surface area contributed by atoms with Crippen LogP contribution in [0.1, 0.15) is 31.0 Å². The number of aliphatic hydroxyl groups excluding tert-OH is 1. The Labute approximate surface area is 171 Å². The molecule has 1 heterocycles. The van der Waals surface area contributed by atoms with Crippen molar-refractivity contribution in [3.8, 4) is 22.6 Å². The molecule has 1 aliphatic heterocycles. The molecule has 4 heteroatoms. The van der Waals surface area contributed by atoms with Gasteiger partial charge >= 0.3 is 0 Å². The first-order valence-corrected chi connectivity index (χ1v) is 9.91. The maximum absolute atomic E-state index is 13.3. The molecule has 1 N–H and O–H groups in total. The van der Waals surface area contributed by atoms with Crippen LogP contribution in [0.3, 0.4) is 0 Å². The van der Waals surface area contributed by atoms with E-state index in [1.807, 2.05) is 66.7 Å². The van der Waals surface area contributed by atoms with Crippen molar-refractivity contribution in [2.24, 2.45) is 0 Å². The fourth-order valence-electron chi connectivity index (χ4n) is 4.16. The van der Waals surface area contributed by atoms with E-state index in [0.717, 1.165) is 52.2 Å². The number of ketones is 1. The highest BCUT2D eigenvalue weighted by molar-refractivity contribution is 5.95. The third-order valence-corrected chi connectivity index (χ3v) is 6.00. The Morgan fingerprint density at radius 1 is 0.966 bits per heavy atom. The van der Waals surface area contributed by atoms with Crippen molar-refractivity contribution >= 4 is 5.78 Å². The highest BCUT2D eigenvalue weighted by atomic mass is 16.7. The molecule has 0 aromatic heterocycles. The van der Waals surface area contributed by atoms with Gasteiger partial charge < -0.3 is 14.6 Å². The molecular weight excluding hydrogens is 364 g/mol. The number of carbonyl (C=O) groups is 1. The lowest BCUT2D eigenvalue weighted by Crippen LogP contribution is -2.22. The van der Waals surface area contributed by atoms with Crippen molar-refractivity contribution in [1.29, 1.82) is 0 Å². The van der Waals surface area contributed by atoms with Crippen molar-refractivity contribution in [3.63, 3.8) is 0 Å². The minimum Gasteiger partial charge on any atom is -0.454 e. The number of ether oxygens (including phenoxy) is 2. The number of hydrogen-bond acceptors (Lipinski definition) is 4. The molecule has 1 saturated carbocycles. The topological polar surface area (TPSA) is 55.8 Å². The van der Waals surface area contributed by atoms with Gasteiger partial charge in [-0.15, -0.1) is 0 Å². The minimum atomic E-state index is -0.413. The van der Waals surface area contributed by atoms with Crippen LogP contribution < -0.4 is 9.47 Å². The molecule has 0 atom stereocenters. The Hall–Kier alpha value is -3.11. The fourth-order valence-corrected chi connectivity index (χ4v) is 4.16. The summed E-state index contributed by atoms with van der Waals surface area (Å²) < 4.78 is 10.9. The molecule has 2 aliphatic rings. The molecule has 4 nitrogen and oxygen atoms in total. The quantitative estimate of drug-likeness (QED) is 0.667. The summed E-state index contributed by atoms with van der Waals surface area (Å²) in [7, 11) is 0. The molecule has 0 bridgehead atoms. The van der Waals surface area contributed by atoms with E-state index >= 15 is 0 Å². The summed E-state index contributed by atoms with van der Waals surface area (Å²) in [6.07, 6.45) is 2.11. The molecule has 29 heavy (non-hydrogen) atoms. The van der Waals surface area contributed by atoms with Crippen LogP contribution in [0.25, 0.3) is 11.1 Å². The van der Waals surface area contributed by atoms with Gasteiger partial charge in [-0.1, -0.05) is 54.6 Å². The summed E-state index contributed by atoms with van der Waals surface area (Å²) in [5.41, 5.74) is 4.46. The van der Waals surface area contributed by atoms with Crippen LogP contribution >= 0.6 is 0 Å². The smallest absolute Gasteiger partial charge is 0.231 e. The second-order valence-corrected chi connectivity index (χ2v) is 7.77. The highest BCUT2D eigenvalue weighted by Gasteiger charge is 2.50. The van der Waals surface area contributed by atoms with Crippen molar-refractivity contribution in [2.45, 2.75) is 31.3 Å². The molecule has 148 valence electrons. The summed E-state index contributed by atoms with van der Waals surface area (Å²) in [6, 6.07) is 21.7. The lowest BCUT2D eigenvalue weighted by Gasteiger charge is -2.16. The Morgan fingerprint density at radius 2 is 1.76 bits per heavy atom. The molecule has 3 aromatic rings. The van der Waals surface area contributed by atoms with E-state index < -0.39 is 5.41 Å². The monoisotopic (exact) mass is 388 g/mol. The summed E-state index contributed by atoms with van der Waals surface area (Å²) in [5, 5.41) is 9.73. The van der Waals surface area contributed by atoms with Crippen molar-refractivity contribution in [1.82, 2.24) is 0 Å². The molecule has 5 rings (SSSR count). The summed E-state index contributed by atoms with van der Waals surface area (Å²) >= 11 is 0. The molecule has 0 unspecified atom stereocenters. The van der Waals surface area contributed by atoms with Gasteiger partial charge in [-0.2, -0.15) is 0 Å². The van der Waals surface area contributed by atoms with Crippen molar-refractivity contribution in [3.05, 3.63) is 83.4 Å². The SMILES string of the molecule is O=C(Cc1ccc(CO)c(-c2ccccc2)c1)C1(c2ccc3c(c2)OCO3)CC1.[HH]. The second kappa shape index (κ2) is 7.05. The molecule has 0 spiro atoms. The largest absolute Gasteiger partial charge is 0.454 e. The lowest BCUT2D eigenvalue weighted by molar-refractivity contribution is -0.120. The van der Waals surface area contributed by atoms with Crippen LogP contribution in [-0.2, 0) is 23.2 Å². The van der Waals surface area contributed by atoms with E-state index in [0.29, 0.717) is 6.42 Å². The van der Waals surface area contributed by atoms with Gasteiger partial charge in [0.25, 0.3) is 0 Å². The van der Waals surface area contributed by atoms with Crippen molar-refractivity contribution in [2.75, 3.05) is 6.79 Å². The van der Waals surface area contributed by atoms with E-state index in [1.54, 1.807) is 0 Å². The average molecular weight is 388 g/mol. The maximum atomic E-state index is 13.3. The van der Waals surface area contributed by atoms with E-state index in [4.69, 9.17) is 9.47 Å². The van der Waals surface area contributed by atoms with E-state index in [9.17, 15) is 9.90 Å². The van der Waals surface area contributed by atoms with Gasteiger partial charge in [0, 0.05) is 7.85 Å². The molecule has 0 amide bonds. The van der Waals surface area contributed by atoms with Crippen LogP contribution in [0.4, 0.5) is 0 Å². The first-order chi connectivity index (χ1) is 14.2. The first kappa shape index (κ1) is 18.0. The Morgan fingerprint density at radius 3 is 2.52 bits per heavy atom. The third kappa shape index (κ3) is 3.19. The Bertz CT molecular complexity index is 1070. The molecule has 1 aliphatic carbocycles. The number of aliphatic hydroxyl groups is 1. The molecule has 3 aromatic carbocycles. The number of hydrogen-bond donors (Lipinski definition) is 1. The third-order valence-electron chi connectivity index (χ3n) is 6.00. The Kier molecular flexibility index (Phi) is 4.36. The van der Waals surface area contributed by atoms with Gasteiger partial charge in [0.15, 0.2) is 11.5 Å².